The fourth-order valence-electron chi connectivity index (χ4n) is 4.65. The summed E-state index contributed by atoms with van der Waals surface area (Å²) in [6, 6.07) is 23.3. The molecule has 0 aromatic heterocycles. The first-order chi connectivity index (χ1) is 20.9. The number of carbonyl (C=O) groups is 1. The quantitative estimate of drug-likeness (QED) is 0.0499. The molecule has 0 aliphatic carbocycles. The number of nitrogens with zero attached hydrogens (tertiary/aromatic N) is 2. The van der Waals surface area contributed by atoms with Crippen molar-refractivity contribution in [1.29, 1.82) is 0 Å². The number of carboxylic acids is 1. The molecule has 3 atom stereocenters. The van der Waals surface area contributed by atoms with Crippen molar-refractivity contribution in [1.82, 2.24) is 5.48 Å². The Balaban J connectivity index is 1.29. The number of aliphatic hydroxyl groups is 1. The summed E-state index contributed by atoms with van der Waals surface area (Å²) in [4.78, 5) is 25.4. The molecule has 7 N–H and O–H groups in total. The van der Waals surface area contributed by atoms with Crippen LogP contribution in [-0.4, -0.2) is 66.9 Å². The van der Waals surface area contributed by atoms with Crippen molar-refractivity contribution in [2.24, 2.45) is 16.5 Å². The zero-order chi connectivity index (χ0) is 30.6. The van der Waals surface area contributed by atoms with Gasteiger partial charge in [-0.05, 0) is 61.7 Å². The Morgan fingerprint density at radius 1 is 1.02 bits per heavy atom. The topological polar surface area (TPSA) is 165 Å². The van der Waals surface area contributed by atoms with Crippen LogP contribution < -0.4 is 26.6 Å². The van der Waals surface area contributed by atoms with Crippen LogP contribution in [0.2, 0.25) is 0 Å². The number of guanidine groups is 1. The van der Waals surface area contributed by atoms with Crippen LogP contribution in [0.5, 0.6) is 5.75 Å². The van der Waals surface area contributed by atoms with Crippen LogP contribution in [0.25, 0.3) is 0 Å². The van der Waals surface area contributed by atoms with Crippen LogP contribution in [0.15, 0.2) is 87.6 Å². The number of aliphatic imine (C=N–C) groups is 1. The molecule has 1 heterocycles. The molecule has 3 aromatic carbocycles. The number of nitrogens with one attached hydrogen (secondary N) is 1. The number of para-hydroxylation sites is 2. The molecule has 0 spiro atoms. The van der Waals surface area contributed by atoms with Gasteiger partial charge in [-0.25, -0.2) is 0 Å². The van der Waals surface area contributed by atoms with Gasteiger partial charge in [0.15, 0.2) is 5.96 Å². The first-order valence-corrected chi connectivity index (χ1v) is 15.0. The lowest BCUT2D eigenvalue weighted by Crippen LogP contribution is -2.44. The van der Waals surface area contributed by atoms with Gasteiger partial charge in [0, 0.05) is 29.4 Å². The van der Waals surface area contributed by atoms with E-state index in [1.165, 1.54) is 21.2 Å². The fraction of sp³-hybridized carbons (Fsp3) is 0.355. The first-order valence-electron chi connectivity index (χ1n) is 14.2. The molecule has 1 aliphatic heterocycles. The van der Waals surface area contributed by atoms with E-state index in [2.05, 4.69) is 63.9 Å². The number of benzene rings is 3. The third-order valence-corrected chi connectivity index (χ3v) is 7.88. The number of fused-ring (bicyclic) bond motifs is 2. The molecule has 3 unspecified atom stereocenters. The molecule has 1 aliphatic rings. The van der Waals surface area contributed by atoms with Crippen molar-refractivity contribution < 1.29 is 29.3 Å². The molecule has 0 radical (unpaired) electrons. The maximum Gasteiger partial charge on any atom is 0.323 e. The normalized spacial score (nSPS) is 14.2. The van der Waals surface area contributed by atoms with Gasteiger partial charge in [0.1, 0.15) is 24.5 Å². The second-order valence-corrected chi connectivity index (χ2v) is 10.9. The minimum atomic E-state index is -1.40. The maximum atomic E-state index is 11.6. The van der Waals surface area contributed by atoms with Crippen molar-refractivity contribution in [3.05, 3.63) is 78.4 Å². The van der Waals surface area contributed by atoms with Gasteiger partial charge in [-0.15, -0.1) is 0 Å². The van der Waals surface area contributed by atoms with E-state index in [9.17, 15) is 15.0 Å². The summed E-state index contributed by atoms with van der Waals surface area (Å²) in [6.45, 7) is 3.62. The molecule has 230 valence electrons. The Morgan fingerprint density at radius 2 is 1.67 bits per heavy atom. The zero-order valence-corrected chi connectivity index (χ0v) is 24.9. The van der Waals surface area contributed by atoms with Gasteiger partial charge in [-0.3, -0.25) is 14.6 Å². The Morgan fingerprint density at radius 3 is 2.28 bits per heavy atom. The van der Waals surface area contributed by atoms with Gasteiger partial charge < -0.3 is 36.1 Å². The summed E-state index contributed by atoms with van der Waals surface area (Å²) in [6.07, 6.45) is -1.16. The van der Waals surface area contributed by atoms with E-state index in [-0.39, 0.29) is 18.9 Å². The lowest BCUT2D eigenvalue weighted by molar-refractivity contribution is -0.216. The van der Waals surface area contributed by atoms with Crippen molar-refractivity contribution in [2.45, 2.75) is 54.4 Å². The van der Waals surface area contributed by atoms with Gasteiger partial charge >= 0.3 is 5.97 Å². The molecule has 43 heavy (non-hydrogen) atoms. The number of hydrogen-bond acceptors (Lipinski definition) is 9. The number of aliphatic hydroxyl groups excluding tert-OH is 1. The summed E-state index contributed by atoms with van der Waals surface area (Å²) in [5.41, 5.74) is 16.3. The van der Waals surface area contributed by atoms with Gasteiger partial charge in [0.05, 0.1) is 17.9 Å². The summed E-state index contributed by atoms with van der Waals surface area (Å²) in [7, 11) is 0. The zero-order valence-electron chi connectivity index (χ0n) is 24.1. The number of hydroxylamine groups is 1. The highest BCUT2D eigenvalue weighted by Crippen LogP contribution is 2.47. The van der Waals surface area contributed by atoms with Gasteiger partial charge in [0.25, 0.3) is 0 Å². The van der Waals surface area contributed by atoms with Crippen LogP contribution in [0.3, 0.4) is 0 Å². The second kappa shape index (κ2) is 16.1. The molecule has 0 bridgehead atoms. The van der Waals surface area contributed by atoms with Gasteiger partial charge in [0.2, 0.25) is 6.29 Å². The van der Waals surface area contributed by atoms with E-state index in [0.29, 0.717) is 32.6 Å². The molecular formula is C31H39N5O6S. The molecule has 4 rings (SSSR count). The molecule has 3 aromatic rings. The van der Waals surface area contributed by atoms with E-state index in [1.54, 1.807) is 11.8 Å². The van der Waals surface area contributed by atoms with E-state index in [4.69, 9.17) is 25.8 Å². The molecule has 0 saturated carbocycles. The number of nitrogens with two attached hydrogens (primary N) is 2. The Hall–Kier alpha value is -3.81. The number of hydrogen-bond donors (Lipinski definition) is 5. The molecule has 0 amide bonds. The molecule has 11 nitrogen and oxygen atoms in total. The van der Waals surface area contributed by atoms with E-state index < -0.39 is 24.4 Å². The molecule has 12 heteroatoms. The number of anilines is 2. The largest absolute Gasteiger partial charge is 0.492 e. The van der Waals surface area contributed by atoms with Crippen molar-refractivity contribution in [3.63, 3.8) is 0 Å². The predicted molar refractivity (Wildman–Crippen MR) is 167 cm³/mol. The Labute approximate surface area is 255 Å². The minimum Gasteiger partial charge on any atom is -0.492 e. The van der Waals surface area contributed by atoms with Crippen molar-refractivity contribution >= 4 is 35.1 Å². The lowest BCUT2D eigenvalue weighted by atomic mass is 10.1. The third kappa shape index (κ3) is 9.34. The van der Waals surface area contributed by atoms with E-state index >= 15 is 0 Å². The monoisotopic (exact) mass is 609 g/mol. The molecular weight excluding hydrogens is 570 g/mol. The SMILES string of the molecule is CCOC(Cc1ccc(OCCN2c3ccccc3Sc3ccccc32)cc1)C(O)ONC(CCCN=C(N)N)C(=O)O. The lowest BCUT2D eigenvalue weighted by Gasteiger charge is -2.32. The van der Waals surface area contributed by atoms with Gasteiger partial charge in [-0.1, -0.05) is 48.2 Å². The summed E-state index contributed by atoms with van der Waals surface area (Å²) >= 11 is 1.78. The number of carboxylic acid groups (broad SMARTS) is 1. The minimum absolute atomic E-state index is 0.0559. The highest BCUT2D eigenvalue weighted by molar-refractivity contribution is 7.99. The van der Waals surface area contributed by atoms with Crippen LogP contribution in [0.1, 0.15) is 25.3 Å². The summed E-state index contributed by atoms with van der Waals surface area (Å²) in [5, 5.41) is 20.1. The standard InChI is InChI=1S/C31H39N5O6S/c1-2-40-26(30(39)42-35-23(29(37)38)8-7-17-34-31(32)33)20-21-13-15-22(16-14-21)41-19-18-36-24-9-3-5-11-27(24)43-28-12-6-4-10-25(28)36/h3-6,9-16,23,26,30,35,39H,2,7-8,17-20H2,1H3,(H,37,38)(H4,32,33,34). The average Bonchev–Trinajstić information content (AvgIpc) is 3.00. The Bertz CT molecular complexity index is 1310. The van der Waals surface area contributed by atoms with Crippen molar-refractivity contribution in [2.75, 3.05) is 31.2 Å². The second-order valence-electron chi connectivity index (χ2n) is 9.85. The average molecular weight is 610 g/mol. The number of ether oxygens (including phenoxy) is 2. The van der Waals surface area contributed by atoms with Crippen LogP contribution in [0, 0.1) is 0 Å². The first kappa shape index (κ1) is 32.1. The Kier molecular flexibility index (Phi) is 12.1. The van der Waals surface area contributed by atoms with Crippen LogP contribution >= 0.6 is 11.8 Å². The predicted octanol–water partition coefficient (Wildman–Crippen LogP) is 3.66. The van der Waals surface area contributed by atoms with Gasteiger partial charge in [-0.2, -0.15) is 5.48 Å². The maximum absolute atomic E-state index is 11.6. The van der Waals surface area contributed by atoms with E-state index in [0.717, 1.165) is 11.3 Å². The summed E-state index contributed by atoms with van der Waals surface area (Å²) in [5.74, 6) is -0.444. The molecule has 0 fully saturated rings. The highest BCUT2D eigenvalue weighted by Gasteiger charge is 2.25. The summed E-state index contributed by atoms with van der Waals surface area (Å²) < 4.78 is 11.8. The van der Waals surface area contributed by atoms with Crippen molar-refractivity contribution in [3.8, 4) is 5.75 Å². The molecule has 0 saturated heterocycles. The van der Waals surface area contributed by atoms with E-state index in [1.807, 2.05) is 31.2 Å². The number of rotatable bonds is 17. The third-order valence-electron chi connectivity index (χ3n) is 6.75. The fourth-order valence-corrected chi connectivity index (χ4v) is 5.75. The highest BCUT2D eigenvalue weighted by atomic mass is 32.2. The van der Waals surface area contributed by atoms with Crippen LogP contribution in [0.4, 0.5) is 11.4 Å². The van der Waals surface area contributed by atoms with Crippen LogP contribution in [-0.2, 0) is 20.8 Å². The number of aliphatic carboxylic acids is 1. The smallest absolute Gasteiger partial charge is 0.323 e.